The van der Waals surface area contributed by atoms with E-state index in [1.54, 1.807) is 12.4 Å². The summed E-state index contributed by atoms with van der Waals surface area (Å²) in [5, 5.41) is 9.10. The van der Waals surface area contributed by atoms with Gasteiger partial charge in [-0.15, -0.1) is 33.4 Å². The van der Waals surface area contributed by atoms with Crippen LogP contribution in [-0.2, 0) is 7.05 Å². The van der Waals surface area contributed by atoms with Crippen LogP contribution in [0.25, 0.3) is 11.4 Å². The number of carbonyl (C=O) groups excluding carboxylic acids is 1. The number of aromatic nitrogens is 4. The van der Waals surface area contributed by atoms with E-state index in [0.717, 1.165) is 23.4 Å². The highest BCUT2D eigenvalue weighted by atomic mass is 35.5. The van der Waals surface area contributed by atoms with Crippen LogP contribution >= 0.6 is 35.0 Å². The molecular weight excluding hydrogens is 403 g/mol. The number of nitrogens with zero attached hydrogens (tertiary/aromatic N) is 4. The van der Waals surface area contributed by atoms with Gasteiger partial charge in [0.1, 0.15) is 4.33 Å². The molecule has 5 nitrogen and oxygen atoms in total. The zero-order valence-corrected chi connectivity index (χ0v) is 16.8. The zero-order chi connectivity index (χ0) is 19.0. The summed E-state index contributed by atoms with van der Waals surface area (Å²) in [4.78, 5) is 16.5. The first-order chi connectivity index (χ1) is 13.0. The predicted octanol–water partition coefficient (Wildman–Crippen LogP) is 4.51. The minimum Gasteiger partial charge on any atom is -0.305 e. The van der Waals surface area contributed by atoms with Gasteiger partial charge in [0.2, 0.25) is 0 Å². The van der Waals surface area contributed by atoms with Crippen LogP contribution in [0.2, 0.25) is 0 Å². The molecule has 0 aliphatic heterocycles. The predicted molar refractivity (Wildman–Crippen MR) is 108 cm³/mol. The molecule has 0 radical (unpaired) electrons. The molecule has 1 aliphatic carbocycles. The molecule has 0 saturated heterocycles. The summed E-state index contributed by atoms with van der Waals surface area (Å²) >= 11 is 13.6. The van der Waals surface area contributed by atoms with Crippen molar-refractivity contribution >= 4 is 40.7 Å². The minimum absolute atomic E-state index is 0.0406. The molecule has 1 aromatic carbocycles. The number of pyridine rings is 1. The Labute approximate surface area is 171 Å². The van der Waals surface area contributed by atoms with E-state index in [0.29, 0.717) is 16.5 Å². The number of ketones is 1. The number of rotatable bonds is 6. The molecule has 1 unspecified atom stereocenters. The highest BCUT2D eigenvalue weighted by Crippen LogP contribution is 2.59. The van der Waals surface area contributed by atoms with Crippen molar-refractivity contribution in [3.05, 3.63) is 59.9 Å². The molecule has 2 aromatic heterocycles. The molecule has 3 aromatic rings. The van der Waals surface area contributed by atoms with Crippen molar-refractivity contribution < 1.29 is 4.79 Å². The van der Waals surface area contributed by atoms with Crippen molar-refractivity contribution in [2.45, 2.75) is 21.8 Å². The number of halogens is 2. The van der Waals surface area contributed by atoms with E-state index in [1.807, 2.05) is 48.0 Å². The van der Waals surface area contributed by atoms with E-state index in [-0.39, 0.29) is 11.7 Å². The van der Waals surface area contributed by atoms with Crippen LogP contribution in [0.4, 0.5) is 0 Å². The fourth-order valence-corrected chi connectivity index (χ4v) is 4.25. The number of hydrogen-bond acceptors (Lipinski definition) is 5. The van der Waals surface area contributed by atoms with E-state index in [2.05, 4.69) is 15.2 Å². The van der Waals surface area contributed by atoms with Gasteiger partial charge in [-0.3, -0.25) is 9.78 Å². The SMILES string of the molecule is Cn1c(SCC(=O)c2ccc(C3CC3(Cl)Cl)cc2)nnc1-c1ccncc1. The van der Waals surface area contributed by atoms with E-state index in [9.17, 15) is 4.79 Å². The molecule has 1 aliphatic rings. The number of Topliss-reactive ketones (excluding diaryl/α,β-unsaturated/α-hetero) is 1. The monoisotopic (exact) mass is 418 g/mol. The van der Waals surface area contributed by atoms with Gasteiger partial charge in [0.15, 0.2) is 16.8 Å². The first kappa shape index (κ1) is 18.5. The fourth-order valence-electron chi connectivity index (χ4n) is 2.88. The second-order valence-corrected chi connectivity index (χ2v) is 8.94. The summed E-state index contributed by atoms with van der Waals surface area (Å²) in [7, 11) is 1.89. The van der Waals surface area contributed by atoms with Gasteiger partial charge in [-0.2, -0.15) is 0 Å². The molecule has 1 atom stereocenters. The molecule has 8 heteroatoms. The molecule has 0 bridgehead atoms. The van der Waals surface area contributed by atoms with Gasteiger partial charge in [0.05, 0.1) is 5.75 Å². The molecular formula is C19H16Cl2N4OS. The topological polar surface area (TPSA) is 60.7 Å². The van der Waals surface area contributed by atoms with Crippen LogP contribution in [0.1, 0.15) is 28.3 Å². The lowest BCUT2D eigenvalue weighted by molar-refractivity contribution is 0.102. The molecule has 1 fully saturated rings. The highest BCUT2D eigenvalue weighted by molar-refractivity contribution is 7.99. The van der Waals surface area contributed by atoms with E-state index in [4.69, 9.17) is 23.2 Å². The highest BCUT2D eigenvalue weighted by Gasteiger charge is 2.52. The van der Waals surface area contributed by atoms with Gasteiger partial charge in [0.25, 0.3) is 0 Å². The Morgan fingerprint density at radius 3 is 2.48 bits per heavy atom. The lowest BCUT2D eigenvalue weighted by Gasteiger charge is -2.05. The van der Waals surface area contributed by atoms with Gasteiger partial charge in [0, 0.05) is 36.5 Å². The molecule has 4 rings (SSSR count). The number of thioether (sulfide) groups is 1. The Bertz CT molecular complexity index is 973. The van der Waals surface area contributed by atoms with Crippen LogP contribution in [-0.4, -0.2) is 35.6 Å². The fraction of sp³-hybridized carbons (Fsp3) is 0.263. The Hall–Kier alpha value is -1.89. The Kier molecular flexibility index (Phi) is 4.97. The van der Waals surface area contributed by atoms with Gasteiger partial charge < -0.3 is 4.57 Å². The summed E-state index contributed by atoms with van der Waals surface area (Å²) in [5.74, 6) is 1.23. The van der Waals surface area contributed by atoms with Gasteiger partial charge in [-0.05, 0) is 24.1 Å². The van der Waals surface area contributed by atoms with E-state index >= 15 is 0 Å². The van der Waals surface area contributed by atoms with Gasteiger partial charge in [-0.25, -0.2) is 0 Å². The normalized spacial score (nSPS) is 17.7. The van der Waals surface area contributed by atoms with E-state index < -0.39 is 4.33 Å². The largest absolute Gasteiger partial charge is 0.305 e. The standard InChI is InChI=1S/C19H16Cl2N4OS/c1-25-17(14-6-8-22-9-7-14)23-24-18(25)27-11-16(26)13-4-2-12(3-5-13)15-10-19(15,20)21/h2-9,15H,10-11H2,1H3. The zero-order valence-electron chi connectivity index (χ0n) is 14.5. The third-order valence-corrected chi connectivity index (χ3v) is 6.42. The Morgan fingerprint density at radius 1 is 1.19 bits per heavy atom. The van der Waals surface area contributed by atoms with Crippen molar-refractivity contribution in [3.63, 3.8) is 0 Å². The number of benzene rings is 1. The average Bonchev–Trinajstić information content (AvgIpc) is 3.16. The Morgan fingerprint density at radius 2 is 1.85 bits per heavy atom. The molecule has 2 heterocycles. The molecule has 138 valence electrons. The molecule has 27 heavy (non-hydrogen) atoms. The van der Waals surface area contributed by atoms with Crippen molar-refractivity contribution in [2.75, 3.05) is 5.75 Å². The summed E-state index contributed by atoms with van der Waals surface area (Å²) in [6.07, 6.45) is 4.18. The van der Waals surface area contributed by atoms with Crippen LogP contribution in [0.5, 0.6) is 0 Å². The minimum atomic E-state index is -0.654. The second-order valence-electron chi connectivity index (χ2n) is 6.45. The second kappa shape index (κ2) is 7.26. The average molecular weight is 419 g/mol. The summed E-state index contributed by atoms with van der Waals surface area (Å²) in [6, 6.07) is 11.3. The number of alkyl halides is 2. The van der Waals surface area contributed by atoms with Crippen LogP contribution in [0.3, 0.4) is 0 Å². The van der Waals surface area contributed by atoms with Crippen LogP contribution < -0.4 is 0 Å². The number of carbonyl (C=O) groups is 1. The van der Waals surface area contributed by atoms with Crippen LogP contribution in [0, 0.1) is 0 Å². The molecule has 1 saturated carbocycles. The Balaban J connectivity index is 1.40. The van der Waals surface area contributed by atoms with Gasteiger partial charge in [-0.1, -0.05) is 36.0 Å². The summed E-state index contributed by atoms with van der Waals surface area (Å²) in [5.41, 5.74) is 2.67. The van der Waals surface area contributed by atoms with Crippen molar-refractivity contribution in [3.8, 4) is 11.4 Å². The first-order valence-electron chi connectivity index (χ1n) is 8.39. The molecule has 0 spiro atoms. The maximum Gasteiger partial charge on any atom is 0.191 e. The van der Waals surface area contributed by atoms with Crippen molar-refractivity contribution in [1.82, 2.24) is 19.7 Å². The lowest BCUT2D eigenvalue weighted by Crippen LogP contribution is -2.04. The smallest absolute Gasteiger partial charge is 0.191 e. The van der Waals surface area contributed by atoms with Gasteiger partial charge >= 0.3 is 0 Å². The maximum atomic E-state index is 12.5. The maximum absolute atomic E-state index is 12.5. The third-order valence-electron chi connectivity index (χ3n) is 4.57. The summed E-state index contributed by atoms with van der Waals surface area (Å²) in [6.45, 7) is 0. The first-order valence-corrected chi connectivity index (χ1v) is 10.1. The quantitative estimate of drug-likeness (QED) is 0.334. The number of hydrogen-bond donors (Lipinski definition) is 0. The van der Waals surface area contributed by atoms with Crippen molar-refractivity contribution in [1.29, 1.82) is 0 Å². The molecule has 0 N–H and O–H groups in total. The third kappa shape index (κ3) is 3.88. The van der Waals surface area contributed by atoms with Crippen LogP contribution in [0.15, 0.2) is 53.9 Å². The van der Waals surface area contributed by atoms with Crippen molar-refractivity contribution in [2.24, 2.45) is 7.05 Å². The summed E-state index contributed by atoms with van der Waals surface area (Å²) < 4.78 is 1.23. The molecule has 0 amide bonds. The van der Waals surface area contributed by atoms with E-state index in [1.165, 1.54) is 11.8 Å². The lowest BCUT2D eigenvalue weighted by atomic mass is 10.1.